The Bertz CT molecular complexity index is 1130. The van der Waals surface area contributed by atoms with Crippen LogP contribution in [0.1, 0.15) is 17.9 Å². The zero-order chi connectivity index (χ0) is 19.7. The molecule has 0 bridgehead atoms. The van der Waals surface area contributed by atoms with Crippen molar-refractivity contribution in [2.75, 3.05) is 12.4 Å². The van der Waals surface area contributed by atoms with Crippen LogP contribution in [0.3, 0.4) is 0 Å². The van der Waals surface area contributed by atoms with Crippen LogP contribution in [0.15, 0.2) is 54.6 Å². The minimum Gasteiger partial charge on any atom is -0.497 e. The first kappa shape index (κ1) is 17.8. The van der Waals surface area contributed by atoms with Crippen molar-refractivity contribution in [1.82, 2.24) is 19.5 Å². The fourth-order valence-corrected chi connectivity index (χ4v) is 2.96. The number of aryl methyl sites for hydroxylation is 1. The maximum Gasteiger partial charge on any atom is 0.296 e. The third kappa shape index (κ3) is 3.36. The van der Waals surface area contributed by atoms with Gasteiger partial charge in [-0.1, -0.05) is 12.1 Å². The van der Waals surface area contributed by atoms with E-state index in [0.29, 0.717) is 28.5 Å². The fourth-order valence-electron chi connectivity index (χ4n) is 2.96. The smallest absolute Gasteiger partial charge is 0.296 e. The third-order valence-electron chi connectivity index (χ3n) is 4.20. The molecule has 4 rings (SSSR count). The number of alkyl halides is 2. The number of benzene rings is 2. The number of para-hydroxylation sites is 2. The van der Waals surface area contributed by atoms with Gasteiger partial charge in [0.15, 0.2) is 5.82 Å². The molecule has 0 aliphatic carbocycles. The number of rotatable bonds is 5. The standard InChI is InChI=1S/C20H17F2N5O/c1-12-11-17(26-20(23-12)24-13-7-9-14(28-2)10-8-13)27-16-6-4-3-5-15(16)25-19(27)18(21)22/h3-11,18H,1-2H3,(H,23,24,26). The van der Waals surface area contributed by atoms with Crippen LogP contribution in [0.25, 0.3) is 16.9 Å². The summed E-state index contributed by atoms with van der Waals surface area (Å²) < 4.78 is 33.7. The van der Waals surface area contributed by atoms with E-state index < -0.39 is 6.43 Å². The Kier molecular flexibility index (Phi) is 4.60. The average Bonchev–Trinajstić information content (AvgIpc) is 3.08. The summed E-state index contributed by atoms with van der Waals surface area (Å²) in [6.07, 6.45) is -2.74. The van der Waals surface area contributed by atoms with Gasteiger partial charge in [0, 0.05) is 17.4 Å². The lowest BCUT2D eigenvalue weighted by atomic mass is 10.3. The molecule has 0 amide bonds. The second-order valence-corrected chi connectivity index (χ2v) is 6.14. The molecule has 8 heteroatoms. The fraction of sp³-hybridized carbons (Fsp3) is 0.150. The second kappa shape index (κ2) is 7.22. The van der Waals surface area contributed by atoms with Crippen molar-refractivity contribution in [3.05, 3.63) is 66.1 Å². The van der Waals surface area contributed by atoms with Gasteiger partial charge in [-0.25, -0.2) is 18.7 Å². The van der Waals surface area contributed by atoms with Gasteiger partial charge in [-0.05, 0) is 43.3 Å². The van der Waals surface area contributed by atoms with E-state index in [4.69, 9.17) is 4.74 Å². The second-order valence-electron chi connectivity index (χ2n) is 6.14. The van der Waals surface area contributed by atoms with Crippen LogP contribution in [0.2, 0.25) is 0 Å². The number of methoxy groups -OCH3 is 1. The quantitative estimate of drug-likeness (QED) is 0.537. The molecule has 0 aliphatic rings. The predicted molar refractivity (Wildman–Crippen MR) is 103 cm³/mol. The third-order valence-corrected chi connectivity index (χ3v) is 4.20. The zero-order valence-corrected chi connectivity index (χ0v) is 15.2. The average molecular weight is 381 g/mol. The van der Waals surface area contributed by atoms with E-state index in [1.807, 2.05) is 12.1 Å². The van der Waals surface area contributed by atoms with Crippen LogP contribution in [-0.2, 0) is 0 Å². The number of nitrogens with zero attached hydrogens (tertiary/aromatic N) is 4. The number of anilines is 2. The summed E-state index contributed by atoms with van der Waals surface area (Å²) >= 11 is 0. The van der Waals surface area contributed by atoms with E-state index in [1.54, 1.807) is 56.5 Å². The molecular formula is C20H17F2N5O. The minimum absolute atomic E-state index is 0.304. The Balaban J connectivity index is 1.79. The number of hydrogen-bond donors (Lipinski definition) is 1. The number of hydrogen-bond acceptors (Lipinski definition) is 5. The first-order valence-electron chi connectivity index (χ1n) is 8.58. The molecule has 0 radical (unpaired) electrons. The molecule has 0 fully saturated rings. The molecule has 6 nitrogen and oxygen atoms in total. The highest BCUT2D eigenvalue weighted by Crippen LogP contribution is 2.28. The first-order chi connectivity index (χ1) is 13.5. The van der Waals surface area contributed by atoms with Crippen LogP contribution in [0.5, 0.6) is 5.75 Å². The normalized spacial score (nSPS) is 11.2. The van der Waals surface area contributed by atoms with Crippen molar-refractivity contribution in [1.29, 1.82) is 0 Å². The van der Waals surface area contributed by atoms with Crippen molar-refractivity contribution in [2.24, 2.45) is 0 Å². The number of fused-ring (bicyclic) bond motifs is 1. The first-order valence-corrected chi connectivity index (χ1v) is 8.58. The molecule has 0 spiro atoms. The molecule has 1 N–H and O–H groups in total. The topological polar surface area (TPSA) is 64.9 Å². The van der Waals surface area contributed by atoms with E-state index in [-0.39, 0.29) is 5.82 Å². The van der Waals surface area contributed by atoms with Gasteiger partial charge in [0.2, 0.25) is 5.95 Å². The largest absolute Gasteiger partial charge is 0.497 e. The van der Waals surface area contributed by atoms with E-state index in [1.165, 1.54) is 4.57 Å². The van der Waals surface area contributed by atoms with Crippen LogP contribution < -0.4 is 10.1 Å². The molecule has 2 aromatic carbocycles. The monoisotopic (exact) mass is 381 g/mol. The molecule has 28 heavy (non-hydrogen) atoms. The number of halogens is 2. The lowest BCUT2D eigenvalue weighted by molar-refractivity contribution is 0.139. The summed E-state index contributed by atoms with van der Waals surface area (Å²) in [5.74, 6) is 1.00. The molecule has 2 heterocycles. The molecule has 2 aromatic heterocycles. The summed E-state index contributed by atoms with van der Waals surface area (Å²) in [5.41, 5.74) is 2.44. The van der Waals surface area contributed by atoms with Gasteiger partial charge in [-0.3, -0.25) is 4.57 Å². The lowest BCUT2D eigenvalue weighted by Gasteiger charge is -2.12. The van der Waals surface area contributed by atoms with E-state index in [2.05, 4.69) is 20.3 Å². The highest BCUT2D eigenvalue weighted by Gasteiger charge is 2.21. The Hall–Kier alpha value is -3.55. The minimum atomic E-state index is -2.74. The van der Waals surface area contributed by atoms with Crippen molar-refractivity contribution in [3.63, 3.8) is 0 Å². The van der Waals surface area contributed by atoms with Gasteiger partial charge in [0.1, 0.15) is 11.6 Å². The highest BCUT2D eigenvalue weighted by molar-refractivity contribution is 5.78. The zero-order valence-electron chi connectivity index (χ0n) is 15.2. The molecule has 0 saturated heterocycles. The SMILES string of the molecule is COc1ccc(Nc2nc(C)cc(-n3c(C(F)F)nc4ccccc43)n2)cc1. The summed E-state index contributed by atoms with van der Waals surface area (Å²) in [6, 6.07) is 15.9. The molecule has 0 saturated carbocycles. The highest BCUT2D eigenvalue weighted by atomic mass is 19.3. The van der Waals surface area contributed by atoms with Crippen LogP contribution in [0.4, 0.5) is 20.4 Å². The summed E-state index contributed by atoms with van der Waals surface area (Å²) in [4.78, 5) is 12.9. The van der Waals surface area contributed by atoms with Gasteiger partial charge >= 0.3 is 0 Å². The van der Waals surface area contributed by atoms with Gasteiger partial charge < -0.3 is 10.1 Å². The number of imidazole rings is 1. The van der Waals surface area contributed by atoms with Crippen molar-refractivity contribution < 1.29 is 13.5 Å². The van der Waals surface area contributed by atoms with Crippen molar-refractivity contribution in [2.45, 2.75) is 13.3 Å². The van der Waals surface area contributed by atoms with Gasteiger partial charge in [-0.15, -0.1) is 0 Å². The Morgan fingerprint density at radius 1 is 1.00 bits per heavy atom. The number of ether oxygens (including phenoxy) is 1. The summed E-state index contributed by atoms with van der Waals surface area (Å²) in [5, 5.41) is 3.10. The van der Waals surface area contributed by atoms with Crippen LogP contribution in [-0.4, -0.2) is 26.6 Å². The van der Waals surface area contributed by atoms with Crippen molar-refractivity contribution in [3.8, 4) is 11.6 Å². The number of aromatic nitrogens is 4. The lowest BCUT2D eigenvalue weighted by Crippen LogP contribution is -2.08. The van der Waals surface area contributed by atoms with Gasteiger partial charge in [0.25, 0.3) is 6.43 Å². The Labute approximate surface area is 159 Å². The van der Waals surface area contributed by atoms with Crippen LogP contribution >= 0.6 is 0 Å². The van der Waals surface area contributed by atoms with Gasteiger partial charge in [-0.2, -0.15) is 4.98 Å². The molecular weight excluding hydrogens is 364 g/mol. The van der Waals surface area contributed by atoms with Gasteiger partial charge in [0.05, 0.1) is 18.1 Å². The Morgan fingerprint density at radius 3 is 2.46 bits per heavy atom. The predicted octanol–water partition coefficient (Wildman–Crippen LogP) is 4.81. The summed E-state index contributed by atoms with van der Waals surface area (Å²) in [6.45, 7) is 1.78. The Morgan fingerprint density at radius 2 is 1.75 bits per heavy atom. The molecule has 142 valence electrons. The molecule has 0 unspecified atom stereocenters. The number of nitrogens with one attached hydrogen (secondary N) is 1. The molecule has 0 atom stereocenters. The van der Waals surface area contributed by atoms with E-state index >= 15 is 0 Å². The van der Waals surface area contributed by atoms with E-state index in [0.717, 1.165) is 11.4 Å². The van der Waals surface area contributed by atoms with Crippen LogP contribution in [0, 0.1) is 6.92 Å². The van der Waals surface area contributed by atoms with E-state index in [9.17, 15) is 8.78 Å². The molecule has 4 aromatic rings. The van der Waals surface area contributed by atoms with Crippen molar-refractivity contribution >= 4 is 22.7 Å². The molecule has 0 aliphatic heterocycles. The maximum absolute atomic E-state index is 13.6. The maximum atomic E-state index is 13.6. The summed E-state index contributed by atoms with van der Waals surface area (Å²) in [7, 11) is 1.59.